The third kappa shape index (κ3) is 3.59. The number of aliphatic hydroxyl groups excluding tert-OH is 1. The van der Waals surface area contributed by atoms with Gasteiger partial charge in [0.1, 0.15) is 5.82 Å². The number of hydrogen-bond acceptors (Lipinski definition) is 2. The van der Waals surface area contributed by atoms with Crippen molar-refractivity contribution in [2.24, 2.45) is 0 Å². The molecule has 1 nitrogen and oxygen atoms in total. The Morgan fingerprint density at radius 3 is 2.68 bits per heavy atom. The highest BCUT2D eigenvalue weighted by Crippen LogP contribution is 2.30. The minimum atomic E-state index is -0.592. The molecule has 0 bridgehead atoms. The van der Waals surface area contributed by atoms with Gasteiger partial charge in [-0.25, -0.2) is 4.39 Å². The van der Waals surface area contributed by atoms with Crippen LogP contribution in [0.4, 0.5) is 4.39 Å². The van der Waals surface area contributed by atoms with Crippen LogP contribution in [-0.2, 0) is 6.42 Å². The quantitative estimate of drug-likeness (QED) is 0.821. The number of rotatable bonds is 4. The molecule has 0 aliphatic rings. The summed E-state index contributed by atoms with van der Waals surface area (Å²) in [4.78, 5) is 1.06. The Morgan fingerprint density at radius 1 is 1.26 bits per heavy atom. The average Bonchev–Trinajstić information content (AvgIpc) is 2.41. The summed E-state index contributed by atoms with van der Waals surface area (Å²) in [7, 11) is 0. The molecule has 0 aliphatic carbocycles. The van der Waals surface area contributed by atoms with Crippen LogP contribution in [0.25, 0.3) is 0 Å². The maximum absolute atomic E-state index is 13.0. The molecule has 2 aromatic rings. The summed E-state index contributed by atoms with van der Waals surface area (Å²) in [6, 6.07) is 12.3. The Labute approximate surface area is 125 Å². The summed E-state index contributed by atoms with van der Waals surface area (Å²) < 4.78 is 13.7. The summed E-state index contributed by atoms with van der Waals surface area (Å²) >= 11 is 4.94. The maximum atomic E-state index is 13.0. The lowest BCUT2D eigenvalue weighted by molar-refractivity contribution is 0.175. The van der Waals surface area contributed by atoms with Gasteiger partial charge in [-0.1, -0.05) is 40.2 Å². The highest BCUT2D eigenvalue weighted by atomic mass is 79.9. The SMILES string of the molecule is CSc1ccccc1C(O)Cc1ccc(F)cc1Br. The number of thioether (sulfide) groups is 1. The van der Waals surface area contributed by atoms with E-state index in [1.807, 2.05) is 30.5 Å². The smallest absolute Gasteiger partial charge is 0.124 e. The van der Waals surface area contributed by atoms with Gasteiger partial charge in [0.15, 0.2) is 0 Å². The first-order chi connectivity index (χ1) is 9.11. The first-order valence-electron chi connectivity index (χ1n) is 5.86. The summed E-state index contributed by atoms with van der Waals surface area (Å²) in [6.45, 7) is 0. The molecule has 2 aromatic carbocycles. The number of halogens is 2. The summed E-state index contributed by atoms with van der Waals surface area (Å²) in [5, 5.41) is 10.4. The van der Waals surface area contributed by atoms with Gasteiger partial charge in [0.2, 0.25) is 0 Å². The lowest BCUT2D eigenvalue weighted by Crippen LogP contribution is -2.04. The summed E-state index contributed by atoms with van der Waals surface area (Å²) in [5.41, 5.74) is 1.80. The molecular weight excluding hydrogens is 327 g/mol. The van der Waals surface area contributed by atoms with Crippen molar-refractivity contribution in [3.8, 4) is 0 Å². The molecule has 0 spiro atoms. The second-order valence-corrected chi connectivity index (χ2v) is 5.90. The standard InChI is InChI=1S/C15H14BrFOS/c1-19-15-5-3-2-4-12(15)14(18)8-10-6-7-11(17)9-13(10)16/h2-7,9,14,18H,8H2,1H3. The molecule has 0 amide bonds. The van der Waals surface area contributed by atoms with Crippen molar-refractivity contribution < 1.29 is 9.50 Å². The van der Waals surface area contributed by atoms with Crippen molar-refractivity contribution in [2.45, 2.75) is 17.4 Å². The van der Waals surface area contributed by atoms with Crippen LogP contribution < -0.4 is 0 Å². The highest BCUT2D eigenvalue weighted by Gasteiger charge is 2.14. The fourth-order valence-electron chi connectivity index (χ4n) is 1.95. The summed E-state index contributed by atoms with van der Waals surface area (Å²) in [5.74, 6) is -0.283. The van der Waals surface area contributed by atoms with Crippen LogP contribution in [0.5, 0.6) is 0 Å². The van der Waals surface area contributed by atoms with Crippen molar-refractivity contribution in [2.75, 3.05) is 6.26 Å². The molecule has 0 radical (unpaired) electrons. The largest absolute Gasteiger partial charge is 0.388 e. The number of aliphatic hydroxyl groups is 1. The molecule has 2 rings (SSSR count). The van der Waals surface area contributed by atoms with E-state index >= 15 is 0 Å². The zero-order chi connectivity index (χ0) is 13.8. The van der Waals surface area contributed by atoms with Crippen molar-refractivity contribution in [1.29, 1.82) is 0 Å². The van der Waals surface area contributed by atoms with E-state index in [9.17, 15) is 9.50 Å². The normalized spacial score (nSPS) is 12.4. The first kappa shape index (κ1) is 14.6. The third-order valence-electron chi connectivity index (χ3n) is 2.93. The van der Waals surface area contributed by atoms with E-state index in [2.05, 4.69) is 15.9 Å². The van der Waals surface area contributed by atoms with Gasteiger partial charge in [-0.05, 0) is 35.6 Å². The Balaban J connectivity index is 2.23. The molecule has 4 heteroatoms. The van der Waals surface area contributed by atoms with Gasteiger partial charge >= 0.3 is 0 Å². The monoisotopic (exact) mass is 340 g/mol. The number of benzene rings is 2. The predicted molar refractivity (Wildman–Crippen MR) is 81.0 cm³/mol. The van der Waals surface area contributed by atoms with E-state index in [1.54, 1.807) is 17.8 Å². The molecule has 0 aromatic heterocycles. The highest BCUT2D eigenvalue weighted by molar-refractivity contribution is 9.10. The minimum absolute atomic E-state index is 0.283. The van der Waals surface area contributed by atoms with Gasteiger partial charge in [-0.2, -0.15) is 0 Å². The predicted octanol–water partition coefficient (Wildman–Crippen LogP) is 4.59. The topological polar surface area (TPSA) is 20.2 Å². The van der Waals surface area contributed by atoms with E-state index in [1.165, 1.54) is 12.1 Å². The van der Waals surface area contributed by atoms with Gasteiger partial charge < -0.3 is 5.11 Å². The molecule has 0 saturated heterocycles. The van der Waals surface area contributed by atoms with Crippen LogP contribution in [0.2, 0.25) is 0 Å². The van der Waals surface area contributed by atoms with Gasteiger partial charge in [0, 0.05) is 15.8 Å². The summed E-state index contributed by atoms with van der Waals surface area (Å²) in [6.07, 6.45) is 1.85. The molecule has 1 unspecified atom stereocenters. The Morgan fingerprint density at radius 2 is 2.00 bits per heavy atom. The van der Waals surface area contributed by atoms with Gasteiger partial charge in [0.05, 0.1) is 6.10 Å². The van der Waals surface area contributed by atoms with Crippen LogP contribution in [0, 0.1) is 5.82 Å². The Hall–Kier alpha value is -0.840. The lowest BCUT2D eigenvalue weighted by atomic mass is 10.0. The average molecular weight is 341 g/mol. The molecule has 0 fully saturated rings. The Kier molecular flexibility index (Phi) is 5.02. The molecule has 100 valence electrons. The molecule has 0 aliphatic heterocycles. The molecule has 1 atom stereocenters. The zero-order valence-corrected chi connectivity index (χ0v) is 12.8. The second-order valence-electron chi connectivity index (χ2n) is 4.20. The molecule has 0 heterocycles. The second kappa shape index (κ2) is 6.55. The van der Waals surface area contributed by atoms with Gasteiger partial charge in [-0.15, -0.1) is 11.8 Å². The minimum Gasteiger partial charge on any atom is -0.388 e. The van der Waals surface area contributed by atoms with E-state index in [0.717, 1.165) is 16.0 Å². The first-order valence-corrected chi connectivity index (χ1v) is 7.88. The maximum Gasteiger partial charge on any atom is 0.124 e. The van der Waals surface area contributed by atoms with Crippen LogP contribution >= 0.6 is 27.7 Å². The molecular formula is C15H14BrFOS. The van der Waals surface area contributed by atoms with Crippen LogP contribution in [-0.4, -0.2) is 11.4 Å². The fourth-order valence-corrected chi connectivity index (χ4v) is 3.11. The van der Waals surface area contributed by atoms with Gasteiger partial charge in [-0.3, -0.25) is 0 Å². The molecule has 19 heavy (non-hydrogen) atoms. The van der Waals surface area contributed by atoms with E-state index in [0.29, 0.717) is 10.9 Å². The van der Waals surface area contributed by atoms with E-state index < -0.39 is 6.10 Å². The van der Waals surface area contributed by atoms with Crippen LogP contribution in [0.1, 0.15) is 17.2 Å². The zero-order valence-electron chi connectivity index (χ0n) is 10.4. The molecule has 1 N–H and O–H groups in total. The van der Waals surface area contributed by atoms with Crippen molar-refractivity contribution >= 4 is 27.7 Å². The molecule has 0 saturated carbocycles. The van der Waals surface area contributed by atoms with Crippen molar-refractivity contribution in [1.82, 2.24) is 0 Å². The van der Waals surface area contributed by atoms with Crippen LogP contribution in [0.15, 0.2) is 51.8 Å². The van der Waals surface area contributed by atoms with E-state index in [4.69, 9.17) is 0 Å². The van der Waals surface area contributed by atoms with Crippen molar-refractivity contribution in [3.63, 3.8) is 0 Å². The number of hydrogen-bond donors (Lipinski definition) is 1. The van der Waals surface area contributed by atoms with Gasteiger partial charge in [0.25, 0.3) is 0 Å². The Bertz CT molecular complexity index is 574. The van der Waals surface area contributed by atoms with E-state index in [-0.39, 0.29) is 5.82 Å². The van der Waals surface area contributed by atoms with Crippen LogP contribution in [0.3, 0.4) is 0 Å². The fraction of sp³-hybridized carbons (Fsp3) is 0.200. The third-order valence-corrected chi connectivity index (χ3v) is 4.48. The lowest BCUT2D eigenvalue weighted by Gasteiger charge is -2.15. The van der Waals surface area contributed by atoms with Crippen molar-refractivity contribution in [3.05, 3.63) is 63.9 Å².